The summed E-state index contributed by atoms with van der Waals surface area (Å²) < 4.78 is 68.2. The van der Waals surface area contributed by atoms with E-state index in [9.17, 15) is 36.3 Å². The Morgan fingerprint density at radius 1 is 1.10 bits per heavy atom. The first-order valence-electron chi connectivity index (χ1n) is 13.7. The average Bonchev–Trinajstić information content (AvgIpc) is 3.66. The van der Waals surface area contributed by atoms with Gasteiger partial charge >= 0.3 is 6.18 Å². The summed E-state index contributed by atoms with van der Waals surface area (Å²) in [6.45, 7) is -0.309. The molecule has 2 saturated carbocycles. The second kappa shape index (κ2) is 15.0. The summed E-state index contributed by atoms with van der Waals surface area (Å²) >= 11 is 0. The van der Waals surface area contributed by atoms with Gasteiger partial charge in [0, 0.05) is 38.8 Å². The quantitative estimate of drug-likeness (QED) is 0.320. The van der Waals surface area contributed by atoms with Gasteiger partial charge in [-0.15, -0.1) is 0 Å². The molecule has 0 bridgehead atoms. The van der Waals surface area contributed by atoms with Gasteiger partial charge in [-0.3, -0.25) is 19.1 Å². The van der Waals surface area contributed by atoms with Gasteiger partial charge < -0.3 is 20.7 Å². The van der Waals surface area contributed by atoms with Gasteiger partial charge in [0.25, 0.3) is 5.91 Å². The number of hydrogen-bond donors (Lipinski definition) is 3. The van der Waals surface area contributed by atoms with Gasteiger partial charge in [-0.2, -0.15) is 18.3 Å². The fraction of sp³-hybridized carbons (Fsp3) is 0.593. The molecular weight excluding hydrogens is 567 g/mol. The number of halogens is 5. The Morgan fingerprint density at radius 2 is 1.81 bits per heavy atom. The van der Waals surface area contributed by atoms with Crippen molar-refractivity contribution in [1.29, 1.82) is 0 Å². The van der Waals surface area contributed by atoms with Crippen LogP contribution in [0.3, 0.4) is 0 Å². The molecule has 4 rings (SSSR count). The number of carbonyl (C=O) groups is 3. The molecule has 232 valence electrons. The van der Waals surface area contributed by atoms with E-state index in [-0.39, 0.29) is 37.9 Å². The van der Waals surface area contributed by atoms with Crippen LogP contribution in [-0.4, -0.2) is 64.8 Å². The van der Waals surface area contributed by atoms with Crippen LogP contribution >= 0.6 is 0 Å². The summed E-state index contributed by atoms with van der Waals surface area (Å²) in [5.74, 6) is -3.92. The lowest BCUT2D eigenvalue weighted by Crippen LogP contribution is -2.34. The molecule has 15 heteroatoms. The number of nitrogens with one attached hydrogen (secondary N) is 3. The maximum atomic E-state index is 12.4. The summed E-state index contributed by atoms with van der Waals surface area (Å²) in [5.41, 5.74) is 0.851. The molecule has 2 heterocycles. The zero-order chi connectivity index (χ0) is 30.8. The number of carbonyl (C=O) groups excluding carboxylic acids is 3. The van der Waals surface area contributed by atoms with E-state index in [2.05, 4.69) is 26.0 Å². The predicted octanol–water partition coefficient (Wildman–Crippen LogP) is 4.71. The third-order valence-electron chi connectivity index (χ3n) is 6.55. The third-order valence-corrected chi connectivity index (χ3v) is 6.55. The molecule has 3 N–H and O–H groups in total. The summed E-state index contributed by atoms with van der Waals surface area (Å²) in [6, 6.07) is 4.06. The number of rotatable bonds is 11. The second-order valence-corrected chi connectivity index (χ2v) is 10.2. The molecule has 0 radical (unpaired) electrons. The third kappa shape index (κ3) is 11.3. The van der Waals surface area contributed by atoms with Crippen molar-refractivity contribution in [3.63, 3.8) is 0 Å². The highest BCUT2D eigenvalue weighted by Gasteiger charge is 2.31. The lowest BCUT2D eigenvalue weighted by Gasteiger charge is -2.20. The molecule has 0 saturated heterocycles. The van der Waals surface area contributed by atoms with E-state index >= 15 is 0 Å². The molecule has 1 atom stereocenters. The number of amides is 3. The van der Waals surface area contributed by atoms with Crippen molar-refractivity contribution in [1.82, 2.24) is 25.4 Å². The summed E-state index contributed by atoms with van der Waals surface area (Å²) in [7, 11) is 1.39. The second-order valence-electron chi connectivity index (χ2n) is 10.2. The highest BCUT2D eigenvalue weighted by Crippen LogP contribution is 2.35. The minimum atomic E-state index is -4.44. The molecule has 0 spiro atoms. The van der Waals surface area contributed by atoms with Crippen LogP contribution in [0.5, 0.6) is 0 Å². The normalized spacial score (nSPS) is 16.9. The number of nitrogens with zero attached hydrogens (tertiary/aromatic N) is 3. The van der Waals surface area contributed by atoms with Crippen LogP contribution in [0.2, 0.25) is 0 Å². The first-order chi connectivity index (χ1) is 19.9. The highest BCUT2D eigenvalue weighted by molar-refractivity contribution is 5.98. The summed E-state index contributed by atoms with van der Waals surface area (Å²) in [4.78, 5) is 40.6. The topological polar surface area (TPSA) is 127 Å². The Labute approximate surface area is 239 Å². The van der Waals surface area contributed by atoms with Gasteiger partial charge in [0.2, 0.25) is 17.7 Å². The van der Waals surface area contributed by atoms with Crippen LogP contribution in [0.1, 0.15) is 85.9 Å². The van der Waals surface area contributed by atoms with E-state index < -0.39 is 48.7 Å². The largest absolute Gasteiger partial charge is 0.389 e. The molecule has 42 heavy (non-hydrogen) atoms. The number of hydrogen-bond acceptors (Lipinski definition) is 6. The van der Waals surface area contributed by atoms with Crippen molar-refractivity contribution in [3.8, 4) is 0 Å². The van der Waals surface area contributed by atoms with E-state index in [1.54, 1.807) is 16.8 Å². The molecule has 2 aliphatic rings. The van der Waals surface area contributed by atoms with Crippen molar-refractivity contribution in [2.75, 3.05) is 25.6 Å². The number of alkyl halides is 5. The van der Waals surface area contributed by atoms with E-state index in [0.717, 1.165) is 19.3 Å². The first-order valence-corrected chi connectivity index (χ1v) is 13.7. The Balaban J connectivity index is 0.000000521. The number of pyridine rings is 1. The van der Waals surface area contributed by atoms with Crippen molar-refractivity contribution < 1.29 is 41.1 Å². The Hall–Kier alpha value is -3.62. The average molecular weight is 603 g/mol. The smallest absolute Gasteiger partial charge is 0.382 e. The molecule has 2 aromatic heterocycles. The van der Waals surface area contributed by atoms with E-state index in [0.29, 0.717) is 24.1 Å². The molecule has 0 aliphatic heterocycles. The standard InChI is InChI=1S/C21H25F3N6O4.C6H10F2/c1-34-12-15(28-18(31)4-7-21(22,23)24)13-5-8-25-17(10-13)29-19(32)11-26-20(33)16-6-9-27-30(16)14-2-3-14;7-6(8)4-2-1-3-5-6/h5-6,8-10,14-15H,2-4,7,11-12H2,1H3,(H,26,33)(H,28,31)(H,25,29,32);1-5H2. The van der Waals surface area contributed by atoms with Gasteiger partial charge in [0.1, 0.15) is 11.5 Å². The molecule has 0 aromatic carbocycles. The molecule has 3 amide bonds. The predicted molar refractivity (Wildman–Crippen MR) is 142 cm³/mol. The number of ether oxygens (including phenoxy) is 1. The monoisotopic (exact) mass is 602 g/mol. The molecule has 2 aromatic rings. The van der Waals surface area contributed by atoms with Gasteiger partial charge in [0.15, 0.2) is 0 Å². The fourth-order valence-electron chi connectivity index (χ4n) is 4.25. The summed E-state index contributed by atoms with van der Waals surface area (Å²) in [5, 5.41) is 11.7. The maximum Gasteiger partial charge on any atom is 0.389 e. The van der Waals surface area contributed by atoms with Gasteiger partial charge in [-0.25, -0.2) is 13.8 Å². The van der Waals surface area contributed by atoms with Crippen LogP contribution in [0.25, 0.3) is 0 Å². The summed E-state index contributed by atoms with van der Waals surface area (Å²) in [6.07, 6.45) is 1.10. The SMILES string of the molecule is COCC(NC(=O)CCC(F)(F)F)c1ccnc(NC(=O)CNC(=O)c2ccnn2C2CC2)c1.FC1(F)CCCCC1. The van der Waals surface area contributed by atoms with Gasteiger partial charge in [-0.05, 0) is 49.4 Å². The Kier molecular flexibility index (Phi) is 11.8. The minimum Gasteiger partial charge on any atom is -0.382 e. The molecule has 10 nitrogen and oxygen atoms in total. The van der Waals surface area contributed by atoms with Crippen LogP contribution in [0.15, 0.2) is 30.6 Å². The van der Waals surface area contributed by atoms with E-state index in [4.69, 9.17) is 4.74 Å². The zero-order valence-corrected chi connectivity index (χ0v) is 23.2. The highest BCUT2D eigenvalue weighted by atomic mass is 19.4. The number of anilines is 1. The Bertz CT molecular complexity index is 1190. The maximum absolute atomic E-state index is 12.4. The van der Waals surface area contributed by atoms with Crippen molar-refractivity contribution in [2.24, 2.45) is 0 Å². The van der Waals surface area contributed by atoms with Gasteiger partial charge in [-0.1, -0.05) is 6.42 Å². The van der Waals surface area contributed by atoms with Crippen LogP contribution < -0.4 is 16.0 Å². The van der Waals surface area contributed by atoms with E-state index in [1.807, 2.05) is 0 Å². The first kappa shape index (κ1) is 32.9. The van der Waals surface area contributed by atoms with E-state index in [1.165, 1.54) is 25.6 Å². The Morgan fingerprint density at radius 3 is 2.40 bits per heavy atom. The lowest BCUT2D eigenvalue weighted by atomic mass is 9.97. The number of methoxy groups -OCH3 is 1. The lowest BCUT2D eigenvalue weighted by molar-refractivity contribution is -0.144. The van der Waals surface area contributed by atoms with Crippen molar-refractivity contribution in [3.05, 3.63) is 41.9 Å². The van der Waals surface area contributed by atoms with Gasteiger partial charge in [0.05, 0.1) is 31.7 Å². The zero-order valence-electron chi connectivity index (χ0n) is 23.2. The number of aromatic nitrogens is 3. The van der Waals surface area contributed by atoms with Crippen LogP contribution in [-0.2, 0) is 14.3 Å². The van der Waals surface area contributed by atoms with Crippen molar-refractivity contribution in [2.45, 2.75) is 82.0 Å². The fourth-order valence-corrected chi connectivity index (χ4v) is 4.25. The molecular formula is C27H35F5N6O4. The molecule has 1 unspecified atom stereocenters. The van der Waals surface area contributed by atoms with Crippen molar-refractivity contribution >= 4 is 23.5 Å². The van der Waals surface area contributed by atoms with Crippen LogP contribution in [0, 0.1) is 0 Å². The molecule has 2 aliphatic carbocycles. The van der Waals surface area contributed by atoms with Crippen LogP contribution in [0.4, 0.5) is 27.8 Å². The molecule has 2 fully saturated rings. The minimum absolute atomic E-state index is 0.000107.